The van der Waals surface area contributed by atoms with E-state index in [1.807, 2.05) is 0 Å². The van der Waals surface area contributed by atoms with E-state index in [2.05, 4.69) is 9.97 Å². The third kappa shape index (κ3) is 2.40. The van der Waals surface area contributed by atoms with Crippen molar-refractivity contribution < 1.29 is 13.9 Å². The van der Waals surface area contributed by atoms with Crippen molar-refractivity contribution >= 4 is 34.1 Å². The molecular weight excluding hydrogens is 337 g/mol. The highest BCUT2D eigenvalue weighted by molar-refractivity contribution is 6.38. The van der Waals surface area contributed by atoms with Gasteiger partial charge in [0.25, 0.3) is 5.56 Å². The maximum Gasteiger partial charge on any atom is 0.259 e. The van der Waals surface area contributed by atoms with Crippen LogP contribution in [0.15, 0.2) is 29.1 Å². The lowest BCUT2D eigenvalue weighted by Gasteiger charge is -2.06. The number of aromatic amines is 1. The average molecular weight is 343 g/mol. The number of hydrogen-bond acceptors (Lipinski definition) is 3. The number of phenolic OH excluding ortho intramolecular Hbond substituents is 1. The molecule has 0 saturated carbocycles. The molecule has 0 atom stereocenters. The summed E-state index contributed by atoms with van der Waals surface area (Å²) in [5.41, 5.74) is -0.449. The molecule has 112 valence electrons. The van der Waals surface area contributed by atoms with Crippen LogP contribution in [0.3, 0.4) is 0 Å². The first-order chi connectivity index (χ1) is 10.4. The number of hydrogen-bond donors (Lipinski definition) is 2. The third-order valence-electron chi connectivity index (χ3n) is 3.02. The van der Waals surface area contributed by atoms with Crippen molar-refractivity contribution in [3.8, 4) is 17.1 Å². The lowest BCUT2D eigenvalue weighted by molar-refractivity contribution is 0.396. The minimum absolute atomic E-state index is 0.0437. The third-order valence-corrected chi connectivity index (χ3v) is 3.53. The van der Waals surface area contributed by atoms with Crippen LogP contribution in [0.1, 0.15) is 0 Å². The number of benzene rings is 2. The molecule has 3 aromatic rings. The largest absolute Gasteiger partial charge is 0.503 e. The minimum Gasteiger partial charge on any atom is -0.503 e. The summed E-state index contributed by atoms with van der Waals surface area (Å²) in [4.78, 5) is 18.6. The SMILES string of the molecule is O=c1[nH]c(-c2cc(F)c(O)c(F)c2)nc2c(Cl)cc(Cl)cc12. The van der Waals surface area contributed by atoms with Gasteiger partial charge in [0.15, 0.2) is 17.4 Å². The molecule has 1 heterocycles. The number of aromatic hydroxyl groups is 1. The Bertz CT molecular complexity index is 950. The molecule has 0 aliphatic heterocycles. The van der Waals surface area contributed by atoms with Crippen LogP contribution in [0.5, 0.6) is 5.75 Å². The van der Waals surface area contributed by atoms with E-state index in [4.69, 9.17) is 28.3 Å². The number of aromatic nitrogens is 2. The van der Waals surface area contributed by atoms with Crippen LogP contribution >= 0.6 is 23.2 Å². The van der Waals surface area contributed by atoms with Crippen LogP contribution in [0, 0.1) is 11.6 Å². The van der Waals surface area contributed by atoms with Gasteiger partial charge in [-0.3, -0.25) is 4.79 Å². The Kier molecular flexibility index (Phi) is 3.50. The number of halogens is 4. The van der Waals surface area contributed by atoms with Gasteiger partial charge in [-0.05, 0) is 24.3 Å². The van der Waals surface area contributed by atoms with Gasteiger partial charge in [-0.15, -0.1) is 0 Å². The predicted octanol–water partition coefficient (Wildman–Crippen LogP) is 3.88. The summed E-state index contributed by atoms with van der Waals surface area (Å²) in [5.74, 6) is -3.52. The number of rotatable bonds is 1. The van der Waals surface area contributed by atoms with Crippen molar-refractivity contribution in [1.82, 2.24) is 9.97 Å². The molecule has 2 aromatic carbocycles. The second kappa shape index (κ2) is 5.23. The average Bonchev–Trinajstić information content (AvgIpc) is 2.45. The van der Waals surface area contributed by atoms with E-state index < -0.39 is 22.9 Å². The highest BCUT2D eigenvalue weighted by Gasteiger charge is 2.14. The second-order valence-electron chi connectivity index (χ2n) is 4.49. The van der Waals surface area contributed by atoms with E-state index in [-0.39, 0.29) is 32.3 Å². The summed E-state index contributed by atoms with van der Waals surface area (Å²) < 4.78 is 26.8. The molecule has 0 aliphatic rings. The number of phenols is 1. The van der Waals surface area contributed by atoms with Crippen LogP contribution in [0.25, 0.3) is 22.3 Å². The molecule has 4 nitrogen and oxygen atoms in total. The van der Waals surface area contributed by atoms with Crippen molar-refractivity contribution in [1.29, 1.82) is 0 Å². The van der Waals surface area contributed by atoms with Gasteiger partial charge >= 0.3 is 0 Å². The molecule has 0 bridgehead atoms. The fourth-order valence-corrected chi connectivity index (χ4v) is 2.54. The van der Waals surface area contributed by atoms with Gasteiger partial charge in [0, 0.05) is 10.6 Å². The molecule has 0 amide bonds. The summed E-state index contributed by atoms with van der Waals surface area (Å²) in [6.45, 7) is 0. The van der Waals surface area contributed by atoms with E-state index in [0.717, 1.165) is 12.1 Å². The molecule has 0 saturated heterocycles. The molecule has 0 aliphatic carbocycles. The lowest BCUT2D eigenvalue weighted by atomic mass is 10.1. The van der Waals surface area contributed by atoms with Gasteiger partial charge in [-0.2, -0.15) is 0 Å². The molecule has 2 N–H and O–H groups in total. The molecule has 1 aromatic heterocycles. The molecule has 0 spiro atoms. The van der Waals surface area contributed by atoms with E-state index in [1.165, 1.54) is 12.1 Å². The first kappa shape index (κ1) is 14.7. The van der Waals surface area contributed by atoms with E-state index in [1.54, 1.807) is 0 Å². The molecule has 3 rings (SSSR count). The normalized spacial score (nSPS) is 11.1. The van der Waals surface area contributed by atoms with Crippen molar-refractivity contribution in [2.75, 3.05) is 0 Å². The van der Waals surface area contributed by atoms with Crippen LogP contribution in [0.2, 0.25) is 10.0 Å². The standard InChI is InChI=1S/C14H6Cl2F2N2O2/c15-6-3-7-11(8(16)4-6)19-13(20-14(7)22)5-1-9(17)12(21)10(18)2-5/h1-4,21H,(H,19,20,22). The smallest absolute Gasteiger partial charge is 0.259 e. The Labute approximate surface area is 132 Å². The fourth-order valence-electron chi connectivity index (χ4n) is 2.01. The van der Waals surface area contributed by atoms with Gasteiger partial charge < -0.3 is 10.1 Å². The number of fused-ring (bicyclic) bond motifs is 1. The zero-order valence-corrected chi connectivity index (χ0v) is 12.1. The van der Waals surface area contributed by atoms with Crippen LogP contribution in [-0.2, 0) is 0 Å². The van der Waals surface area contributed by atoms with Crippen molar-refractivity contribution in [3.63, 3.8) is 0 Å². The van der Waals surface area contributed by atoms with Crippen molar-refractivity contribution in [3.05, 3.63) is 56.3 Å². The van der Waals surface area contributed by atoms with E-state index >= 15 is 0 Å². The van der Waals surface area contributed by atoms with Crippen molar-refractivity contribution in [2.45, 2.75) is 0 Å². The first-order valence-corrected chi connectivity index (χ1v) is 6.70. The summed E-state index contributed by atoms with van der Waals surface area (Å²) in [6, 6.07) is 4.49. The van der Waals surface area contributed by atoms with E-state index in [0.29, 0.717) is 0 Å². The monoisotopic (exact) mass is 342 g/mol. The highest BCUT2D eigenvalue weighted by atomic mass is 35.5. The van der Waals surface area contributed by atoms with Gasteiger partial charge in [-0.1, -0.05) is 23.2 Å². The van der Waals surface area contributed by atoms with Crippen LogP contribution in [0.4, 0.5) is 8.78 Å². The van der Waals surface area contributed by atoms with Gasteiger partial charge in [-0.25, -0.2) is 13.8 Å². The number of nitrogens with one attached hydrogen (secondary N) is 1. The predicted molar refractivity (Wildman–Crippen MR) is 79.4 cm³/mol. The molecular formula is C14H6Cl2F2N2O2. The van der Waals surface area contributed by atoms with Gasteiger partial charge in [0.1, 0.15) is 5.82 Å². The second-order valence-corrected chi connectivity index (χ2v) is 5.33. The summed E-state index contributed by atoms with van der Waals surface area (Å²) in [5, 5.41) is 9.65. The molecule has 22 heavy (non-hydrogen) atoms. The summed E-state index contributed by atoms with van der Waals surface area (Å²) >= 11 is 11.8. The van der Waals surface area contributed by atoms with E-state index in [9.17, 15) is 13.6 Å². The molecule has 8 heteroatoms. The highest BCUT2D eigenvalue weighted by Crippen LogP contribution is 2.28. The maximum atomic E-state index is 13.4. The van der Waals surface area contributed by atoms with Crippen molar-refractivity contribution in [2.24, 2.45) is 0 Å². The first-order valence-electron chi connectivity index (χ1n) is 5.94. The van der Waals surface area contributed by atoms with Crippen LogP contribution < -0.4 is 5.56 Å². The van der Waals surface area contributed by atoms with Gasteiger partial charge in [0.2, 0.25) is 0 Å². The quantitative estimate of drug-likeness (QED) is 0.705. The topological polar surface area (TPSA) is 66.0 Å². The molecule has 0 unspecified atom stereocenters. The summed E-state index contributed by atoms with van der Waals surface area (Å²) in [7, 11) is 0. The number of nitrogens with zero attached hydrogens (tertiary/aromatic N) is 1. The lowest BCUT2D eigenvalue weighted by Crippen LogP contribution is -2.10. The molecule has 0 radical (unpaired) electrons. The number of H-pyrrole nitrogens is 1. The zero-order chi connectivity index (χ0) is 16.0. The Hall–Kier alpha value is -2.18. The Morgan fingerprint density at radius 2 is 1.73 bits per heavy atom. The van der Waals surface area contributed by atoms with Crippen LogP contribution in [-0.4, -0.2) is 15.1 Å². The zero-order valence-electron chi connectivity index (χ0n) is 10.6. The molecule has 0 fully saturated rings. The maximum absolute atomic E-state index is 13.4. The fraction of sp³-hybridized carbons (Fsp3) is 0. The van der Waals surface area contributed by atoms with Gasteiger partial charge in [0.05, 0.1) is 15.9 Å². The summed E-state index contributed by atoms with van der Waals surface area (Å²) in [6.07, 6.45) is 0. The Morgan fingerprint density at radius 3 is 2.36 bits per heavy atom. The Balaban J connectivity index is 2.31. The Morgan fingerprint density at radius 1 is 1.09 bits per heavy atom. The minimum atomic E-state index is -1.17.